The highest BCUT2D eigenvalue weighted by molar-refractivity contribution is 5.82. The van der Waals surface area contributed by atoms with Crippen LogP contribution in [0.1, 0.15) is 15.9 Å². The fourth-order valence-corrected chi connectivity index (χ4v) is 3.77. The van der Waals surface area contributed by atoms with E-state index in [2.05, 4.69) is 15.4 Å². The van der Waals surface area contributed by atoms with Crippen molar-refractivity contribution in [2.45, 2.75) is 13.0 Å². The third-order valence-corrected chi connectivity index (χ3v) is 5.51. The molecule has 180 valence electrons. The number of aromatic nitrogens is 3. The second-order valence-corrected chi connectivity index (χ2v) is 7.79. The monoisotopic (exact) mass is 473 g/mol. The highest BCUT2D eigenvalue weighted by atomic mass is 19.2. The first-order valence-corrected chi connectivity index (χ1v) is 10.6. The van der Waals surface area contributed by atoms with Crippen molar-refractivity contribution in [2.24, 2.45) is 0 Å². The summed E-state index contributed by atoms with van der Waals surface area (Å²) >= 11 is 0. The number of aldehydes is 1. The quantitative estimate of drug-likeness (QED) is 0.475. The van der Waals surface area contributed by atoms with E-state index >= 15 is 0 Å². The van der Waals surface area contributed by atoms with Crippen LogP contribution in [0.15, 0.2) is 30.5 Å². The first kappa shape index (κ1) is 23.7. The number of anilines is 1. The Morgan fingerprint density at radius 1 is 1.26 bits per heavy atom. The molecular formula is C23H25F2N5O4. The molecule has 1 aliphatic heterocycles. The fourth-order valence-electron chi connectivity index (χ4n) is 3.77. The normalized spacial score (nSPS) is 16.1. The molecule has 0 spiro atoms. The lowest BCUT2D eigenvalue weighted by Crippen LogP contribution is -2.29. The van der Waals surface area contributed by atoms with Gasteiger partial charge < -0.3 is 14.8 Å². The number of carbonyl (C=O) groups is 1. The van der Waals surface area contributed by atoms with Gasteiger partial charge in [0.25, 0.3) is 0 Å². The van der Waals surface area contributed by atoms with E-state index in [9.17, 15) is 13.6 Å². The summed E-state index contributed by atoms with van der Waals surface area (Å²) in [5.74, 6) is -1.14. The Kier molecular flexibility index (Phi) is 7.15. The first-order chi connectivity index (χ1) is 16.4. The highest BCUT2D eigenvalue weighted by Crippen LogP contribution is 2.33. The Hall–Kier alpha value is -3.41. The Bertz CT molecular complexity index is 1190. The Morgan fingerprint density at radius 3 is 2.79 bits per heavy atom. The highest BCUT2D eigenvalue weighted by Gasteiger charge is 2.27. The van der Waals surface area contributed by atoms with Crippen LogP contribution in [0.25, 0.3) is 16.9 Å². The number of pyridine rings is 1. The van der Waals surface area contributed by atoms with Crippen LogP contribution < -0.4 is 10.1 Å². The molecular weight excluding hydrogens is 448 g/mol. The zero-order valence-corrected chi connectivity index (χ0v) is 19.0. The molecule has 0 amide bonds. The van der Waals surface area contributed by atoms with Gasteiger partial charge in [0.1, 0.15) is 5.82 Å². The van der Waals surface area contributed by atoms with Crippen LogP contribution in [-0.2, 0) is 9.57 Å². The Balaban J connectivity index is 1.74. The van der Waals surface area contributed by atoms with Crippen LogP contribution in [0.3, 0.4) is 0 Å². The van der Waals surface area contributed by atoms with Gasteiger partial charge in [0.2, 0.25) is 5.88 Å². The van der Waals surface area contributed by atoms with Crippen molar-refractivity contribution < 1.29 is 27.9 Å². The van der Waals surface area contributed by atoms with Gasteiger partial charge in [-0.25, -0.2) is 18.4 Å². The number of hydroxylamine groups is 2. The Labute approximate surface area is 195 Å². The summed E-state index contributed by atoms with van der Waals surface area (Å²) in [5.41, 5.74) is 2.45. The van der Waals surface area contributed by atoms with E-state index in [1.165, 1.54) is 17.9 Å². The number of benzene rings is 1. The molecule has 0 aliphatic carbocycles. The van der Waals surface area contributed by atoms with Gasteiger partial charge in [-0.1, -0.05) is 0 Å². The number of hydrogen-bond acceptors (Lipinski definition) is 8. The standard InChI is InChI=1S/C23H25F2N5O4/c1-14-21(15-8-16(12-31)23(33-3)26-10-15)28-30(18-4-5-19(24)20(25)9-18)22(14)27-17-11-29(34-13-17)6-7-32-2/h4-5,8-10,12,17,27H,6-7,11,13H2,1-3H3/t17-/m1/s1. The van der Waals surface area contributed by atoms with Crippen molar-refractivity contribution in [1.82, 2.24) is 19.8 Å². The molecule has 0 radical (unpaired) electrons. The molecule has 1 aliphatic rings. The lowest BCUT2D eigenvalue weighted by Gasteiger charge is -2.16. The van der Waals surface area contributed by atoms with E-state index < -0.39 is 11.6 Å². The van der Waals surface area contributed by atoms with Gasteiger partial charge in [0.05, 0.1) is 43.3 Å². The molecule has 34 heavy (non-hydrogen) atoms. The number of ether oxygens (including phenoxy) is 2. The van der Waals surface area contributed by atoms with Gasteiger partial charge in [-0.05, 0) is 25.1 Å². The first-order valence-electron chi connectivity index (χ1n) is 10.6. The van der Waals surface area contributed by atoms with E-state index in [-0.39, 0.29) is 17.5 Å². The van der Waals surface area contributed by atoms with Gasteiger partial charge in [-0.15, -0.1) is 0 Å². The minimum absolute atomic E-state index is 0.0799. The van der Waals surface area contributed by atoms with Crippen molar-refractivity contribution in [2.75, 3.05) is 45.8 Å². The van der Waals surface area contributed by atoms with Gasteiger partial charge in [0.15, 0.2) is 17.9 Å². The molecule has 1 atom stereocenters. The number of methoxy groups -OCH3 is 2. The molecule has 3 heterocycles. The molecule has 1 saturated heterocycles. The molecule has 11 heteroatoms. The van der Waals surface area contributed by atoms with Gasteiger partial charge in [0, 0.05) is 43.6 Å². The van der Waals surface area contributed by atoms with Gasteiger partial charge >= 0.3 is 0 Å². The zero-order valence-electron chi connectivity index (χ0n) is 19.0. The van der Waals surface area contributed by atoms with Crippen LogP contribution in [0.4, 0.5) is 14.6 Å². The third-order valence-electron chi connectivity index (χ3n) is 5.51. The number of hydrogen-bond donors (Lipinski definition) is 1. The van der Waals surface area contributed by atoms with Crippen molar-refractivity contribution in [3.63, 3.8) is 0 Å². The predicted octanol–water partition coefficient (Wildman–Crippen LogP) is 3.02. The predicted molar refractivity (Wildman–Crippen MR) is 120 cm³/mol. The maximum Gasteiger partial charge on any atom is 0.223 e. The SMILES string of the molecule is COCCN1C[C@@H](Nc2c(C)c(-c3cnc(OC)c(C=O)c3)nn2-c2ccc(F)c(F)c2)CO1. The minimum atomic E-state index is -0.984. The number of nitrogens with zero attached hydrogens (tertiary/aromatic N) is 4. The third kappa shape index (κ3) is 4.76. The van der Waals surface area contributed by atoms with Crippen LogP contribution in [0, 0.1) is 18.6 Å². The van der Waals surface area contributed by atoms with Gasteiger partial charge in [-0.3, -0.25) is 9.63 Å². The molecule has 0 bridgehead atoms. The minimum Gasteiger partial charge on any atom is -0.480 e. The lowest BCUT2D eigenvalue weighted by atomic mass is 10.1. The number of halogens is 2. The van der Waals surface area contributed by atoms with Crippen LogP contribution >= 0.6 is 0 Å². The van der Waals surface area contributed by atoms with Crippen molar-refractivity contribution >= 4 is 12.1 Å². The van der Waals surface area contributed by atoms with E-state index in [4.69, 9.17) is 14.3 Å². The molecule has 1 aromatic carbocycles. The van der Waals surface area contributed by atoms with E-state index in [0.29, 0.717) is 55.4 Å². The summed E-state index contributed by atoms with van der Waals surface area (Å²) in [6.45, 7) is 4.02. The molecule has 2 aromatic heterocycles. The second kappa shape index (κ2) is 10.2. The van der Waals surface area contributed by atoms with Crippen LogP contribution in [-0.4, -0.2) is 72.7 Å². The molecule has 3 aromatic rings. The van der Waals surface area contributed by atoms with Crippen molar-refractivity contribution in [1.29, 1.82) is 0 Å². The molecule has 4 rings (SSSR count). The molecule has 1 fully saturated rings. The molecule has 0 saturated carbocycles. The van der Waals surface area contributed by atoms with Crippen molar-refractivity contribution in [3.05, 3.63) is 53.2 Å². The smallest absolute Gasteiger partial charge is 0.223 e. The summed E-state index contributed by atoms with van der Waals surface area (Å²) in [4.78, 5) is 21.4. The number of carbonyl (C=O) groups excluding carboxylic acids is 1. The number of rotatable bonds is 9. The van der Waals surface area contributed by atoms with Crippen molar-refractivity contribution in [3.8, 4) is 22.8 Å². The summed E-state index contributed by atoms with van der Waals surface area (Å²) in [7, 11) is 3.06. The second-order valence-electron chi connectivity index (χ2n) is 7.79. The van der Waals surface area contributed by atoms with Gasteiger partial charge in [-0.2, -0.15) is 10.2 Å². The van der Waals surface area contributed by atoms with E-state index in [1.807, 2.05) is 6.92 Å². The fraction of sp³-hybridized carbons (Fsp3) is 0.348. The molecule has 0 unspecified atom stereocenters. The summed E-state index contributed by atoms with van der Waals surface area (Å²) < 4.78 is 39.4. The van der Waals surface area contributed by atoms with Crippen LogP contribution in [0.5, 0.6) is 5.88 Å². The molecule has 9 nitrogen and oxygen atoms in total. The number of nitrogens with one attached hydrogen (secondary N) is 1. The largest absolute Gasteiger partial charge is 0.480 e. The Morgan fingerprint density at radius 2 is 2.09 bits per heavy atom. The summed E-state index contributed by atoms with van der Waals surface area (Å²) in [5, 5.41) is 9.88. The van der Waals surface area contributed by atoms with E-state index in [0.717, 1.165) is 17.7 Å². The average molecular weight is 473 g/mol. The van der Waals surface area contributed by atoms with E-state index in [1.54, 1.807) is 24.4 Å². The summed E-state index contributed by atoms with van der Waals surface area (Å²) in [6, 6.07) is 5.12. The maximum absolute atomic E-state index is 14.0. The molecule has 1 N–H and O–H groups in total. The maximum atomic E-state index is 14.0. The average Bonchev–Trinajstić information content (AvgIpc) is 3.43. The summed E-state index contributed by atoms with van der Waals surface area (Å²) in [6.07, 6.45) is 2.20. The zero-order chi connectivity index (χ0) is 24.2. The topological polar surface area (TPSA) is 90.7 Å². The lowest BCUT2D eigenvalue weighted by molar-refractivity contribution is -0.118. The van der Waals surface area contributed by atoms with Crippen LogP contribution in [0.2, 0.25) is 0 Å².